The molecule has 57 heavy (non-hydrogen) atoms. The van der Waals surface area contributed by atoms with Crippen LogP contribution in [-0.2, 0) is 33.7 Å². The summed E-state index contributed by atoms with van der Waals surface area (Å²) in [6.45, 7) is 13.1. The minimum absolute atomic E-state index is 0.0111. The maximum Gasteiger partial charge on any atom is 0.524 e. The zero-order valence-corrected chi connectivity index (χ0v) is 32.8. The summed E-state index contributed by atoms with van der Waals surface area (Å²) >= 11 is 0. The number of piperazine rings is 2. The number of nitrogens with zero attached hydrogens (tertiary/aromatic N) is 8. The maximum absolute atomic E-state index is 15.6. The number of carbonyl (C=O) groups is 3. The van der Waals surface area contributed by atoms with E-state index in [9.17, 15) is 28.7 Å². The number of urea groups is 1. The summed E-state index contributed by atoms with van der Waals surface area (Å²) in [6, 6.07) is 17.0. The summed E-state index contributed by atoms with van der Waals surface area (Å²) in [6.07, 6.45) is 0.328. The van der Waals surface area contributed by atoms with Crippen molar-refractivity contribution < 1.29 is 37.6 Å². The van der Waals surface area contributed by atoms with Crippen LogP contribution in [0.15, 0.2) is 79.4 Å². The van der Waals surface area contributed by atoms with Crippen LogP contribution in [0, 0.1) is 5.82 Å². The number of rotatable bonds is 13. The molecule has 0 unspecified atom stereocenters. The van der Waals surface area contributed by atoms with Crippen molar-refractivity contribution in [2.75, 3.05) is 70.3 Å². The Morgan fingerprint density at radius 3 is 2.47 bits per heavy atom. The van der Waals surface area contributed by atoms with Crippen molar-refractivity contribution >= 4 is 31.5 Å². The van der Waals surface area contributed by atoms with E-state index in [1.807, 2.05) is 48.5 Å². The van der Waals surface area contributed by atoms with Gasteiger partial charge in [-0.3, -0.25) is 24.3 Å². The van der Waals surface area contributed by atoms with E-state index in [2.05, 4.69) is 38.0 Å². The molecule has 4 fully saturated rings. The summed E-state index contributed by atoms with van der Waals surface area (Å²) in [7, 11) is -4.96. The average Bonchev–Trinajstić information content (AvgIpc) is 3.16. The Kier molecular flexibility index (Phi) is 12.2. The van der Waals surface area contributed by atoms with Gasteiger partial charge in [0.05, 0.1) is 25.3 Å². The van der Waals surface area contributed by atoms with Crippen LogP contribution in [0.4, 0.5) is 15.0 Å². The van der Waals surface area contributed by atoms with Crippen LogP contribution in [0.5, 0.6) is 5.75 Å². The van der Waals surface area contributed by atoms with Gasteiger partial charge in [-0.2, -0.15) is 0 Å². The number of benzene rings is 2. The van der Waals surface area contributed by atoms with E-state index in [0.29, 0.717) is 11.7 Å². The smallest absolute Gasteiger partial charge is 0.404 e. The van der Waals surface area contributed by atoms with Crippen LogP contribution in [0.25, 0.3) is 0 Å². The topological polar surface area (TPSA) is 166 Å². The van der Waals surface area contributed by atoms with E-state index in [0.717, 1.165) is 63.3 Å². The molecule has 4 saturated heterocycles. The van der Waals surface area contributed by atoms with Crippen molar-refractivity contribution in [3.63, 3.8) is 0 Å². The molecule has 0 spiro atoms. The molecular formula is C39H49FN9O7P. The van der Waals surface area contributed by atoms with E-state index >= 15 is 4.39 Å². The first-order valence-corrected chi connectivity index (χ1v) is 20.7. The third-order valence-corrected chi connectivity index (χ3v) is 11.5. The second-order valence-corrected chi connectivity index (χ2v) is 15.9. The lowest BCUT2D eigenvalue weighted by Crippen LogP contribution is -2.76. The van der Waals surface area contributed by atoms with E-state index in [1.165, 1.54) is 22.0 Å². The number of halogens is 1. The molecule has 304 valence electrons. The number of hydrogen-bond acceptors (Lipinski definition) is 10. The van der Waals surface area contributed by atoms with Gasteiger partial charge >= 0.3 is 13.9 Å². The van der Waals surface area contributed by atoms with Crippen molar-refractivity contribution in [1.29, 1.82) is 0 Å². The predicted molar refractivity (Wildman–Crippen MR) is 209 cm³/mol. The van der Waals surface area contributed by atoms with Crippen LogP contribution in [0.2, 0.25) is 0 Å². The fourth-order valence-electron chi connectivity index (χ4n) is 8.04. The van der Waals surface area contributed by atoms with Gasteiger partial charge < -0.3 is 29.4 Å². The quantitative estimate of drug-likeness (QED) is 0.171. The van der Waals surface area contributed by atoms with Gasteiger partial charge in [0.15, 0.2) is 0 Å². The standard InChI is InChI=1S/C39H49FN9O7P/c1-3-15-47-27-37(50)48-34(20-29-13-14-32(21-33(29)40)56-57(53,54)55)38(51)46(26-36(48)49(47)39(52)41-22-28-9-6-5-7-10-28)23-30-11-8-12-35(42-30)45-24-31(25-45)44-18-16-43(4-2)17-19-44/h3,5-14,21,31,34,36H,1,4,15-20,22-27H2,2H3,(H,41,52)(H2,53,54,55)/t34-,36-/m0/s1. The number of fused-ring (bicyclic) bond motifs is 1. The fourth-order valence-corrected chi connectivity index (χ4v) is 8.43. The zero-order valence-electron chi connectivity index (χ0n) is 31.9. The minimum atomic E-state index is -4.96. The Morgan fingerprint density at radius 2 is 1.79 bits per heavy atom. The third-order valence-electron chi connectivity index (χ3n) is 11.0. The molecule has 18 heteroatoms. The average molecular weight is 806 g/mol. The van der Waals surface area contributed by atoms with E-state index in [-0.39, 0.29) is 44.7 Å². The second kappa shape index (κ2) is 17.3. The molecule has 16 nitrogen and oxygen atoms in total. The molecule has 4 aliphatic rings. The van der Waals surface area contributed by atoms with Crippen LogP contribution >= 0.6 is 7.82 Å². The molecule has 3 aromatic rings. The molecule has 2 aromatic carbocycles. The Hall–Kier alpha value is -4.90. The van der Waals surface area contributed by atoms with Crippen molar-refractivity contribution in [1.82, 2.24) is 39.9 Å². The highest BCUT2D eigenvalue weighted by Crippen LogP contribution is 2.38. The van der Waals surface area contributed by atoms with E-state index < -0.39 is 49.4 Å². The number of phosphoric acid groups is 1. The Bertz CT molecular complexity index is 1990. The lowest BCUT2D eigenvalue weighted by molar-refractivity contribution is -0.189. The summed E-state index contributed by atoms with van der Waals surface area (Å²) in [5, 5.41) is 5.97. The molecule has 4 aliphatic heterocycles. The highest BCUT2D eigenvalue weighted by Gasteiger charge is 2.51. The predicted octanol–water partition coefficient (Wildman–Crippen LogP) is 2.25. The first-order valence-electron chi connectivity index (χ1n) is 19.2. The van der Waals surface area contributed by atoms with Gasteiger partial charge in [0, 0.05) is 70.9 Å². The first-order chi connectivity index (χ1) is 27.4. The zero-order chi connectivity index (χ0) is 40.3. The number of phosphoric ester groups is 1. The molecule has 7 rings (SSSR count). The second-order valence-electron chi connectivity index (χ2n) is 14.7. The van der Waals surface area contributed by atoms with Gasteiger partial charge in [0.1, 0.15) is 29.6 Å². The van der Waals surface area contributed by atoms with Gasteiger partial charge in [-0.15, -0.1) is 6.58 Å². The van der Waals surface area contributed by atoms with Crippen LogP contribution in [0.1, 0.15) is 23.7 Å². The van der Waals surface area contributed by atoms with Crippen molar-refractivity contribution in [2.45, 2.75) is 44.7 Å². The number of aromatic nitrogens is 1. The number of pyridine rings is 1. The monoisotopic (exact) mass is 805 g/mol. The highest BCUT2D eigenvalue weighted by molar-refractivity contribution is 7.46. The van der Waals surface area contributed by atoms with Gasteiger partial charge in [-0.1, -0.05) is 55.5 Å². The molecule has 2 atom stereocenters. The number of likely N-dealkylation sites (N-methyl/N-ethyl adjacent to an activating group) is 1. The lowest BCUT2D eigenvalue weighted by atomic mass is 9.98. The third kappa shape index (κ3) is 9.30. The minimum Gasteiger partial charge on any atom is -0.404 e. The normalized spacial score (nSPS) is 21.3. The van der Waals surface area contributed by atoms with Crippen molar-refractivity contribution in [3.05, 3.63) is 102 Å². The molecule has 5 heterocycles. The Morgan fingerprint density at radius 1 is 1.04 bits per heavy atom. The molecule has 0 radical (unpaired) electrons. The van der Waals surface area contributed by atoms with Gasteiger partial charge in [-0.05, 0) is 35.9 Å². The van der Waals surface area contributed by atoms with Crippen LogP contribution in [-0.4, -0.2) is 146 Å². The molecular weight excluding hydrogens is 756 g/mol. The van der Waals surface area contributed by atoms with Crippen molar-refractivity contribution in [2.24, 2.45) is 0 Å². The summed E-state index contributed by atoms with van der Waals surface area (Å²) in [5.41, 5.74) is 1.49. The number of anilines is 1. The van der Waals surface area contributed by atoms with Crippen LogP contribution < -0.4 is 14.7 Å². The number of nitrogens with one attached hydrogen (secondary N) is 1. The molecule has 0 saturated carbocycles. The Balaban J connectivity index is 1.15. The first kappa shape index (κ1) is 40.3. The summed E-state index contributed by atoms with van der Waals surface area (Å²) in [5.74, 6) is -1.37. The van der Waals surface area contributed by atoms with Gasteiger partial charge in [0.2, 0.25) is 11.8 Å². The summed E-state index contributed by atoms with van der Waals surface area (Å²) in [4.78, 5) is 76.1. The van der Waals surface area contributed by atoms with E-state index in [4.69, 9.17) is 4.98 Å². The largest absolute Gasteiger partial charge is 0.524 e. The molecule has 0 aliphatic carbocycles. The number of hydrazine groups is 1. The summed E-state index contributed by atoms with van der Waals surface area (Å²) < 4.78 is 31.5. The fraction of sp³-hybridized carbons (Fsp3) is 0.436. The van der Waals surface area contributed by atoms with Crippen molar-refractivity contribution in [3.8, 4) is 5.75 Å². The number of hydrogen-bond donors (Lipinski definition) is 3. The molecule has 4 amide bonds. The molecule has 3 N–H and O–H groups in total. The number of carbonyl (C=O) groups excluding carboxylic acids is 3. The highest BCUT2D eigenvalue weighted by atomic mass is 31.2. The van der Waals surface area contributed by atoms with Crippen LogP contribution in [0.3, 0.4) is 0 Å². The van der Waals surface area contributed by atoms with Gasteiger partial charge in [0.25, 0.3) is 0 Å². The maximum atomic E-state index is 15.6. The SMILES string of the molecule is C=CCN1CC(=O)N2[C@@H](Cc3ccc(OP(=O)(O)O)cc3F)C(=O)N(Cc3cccc(N4CC(N5CCN(CC)CC5)C4)n3)C[C@@H]2N1C(=O)NCc1ccccc1. The van der Waals surface area contributed by atoms with E-state index in [1.54, 1.807) is 16.0 Å². The molecule has 1 aromatic heterocycles. The molecule has 0 bridgehead atoms. The Labute approximate surface area is 331 Å². The number of amides is 4. The lowest BCUT2D eigenvalue weighted by Gasteiger charge is -2.55. The van der Waals surface area contributed by atoms with Gasteiger partial charge in [-0.25, -0.2) is 28.8 Å².